The van der Waals surface area contributed by atoms with Crippen molar-refractivity contribution in [2.75, 3.05) is 0 Å². The fourth-order valence-corrected chi connectivity index (χ4v) is 3.11. The van der Waals surface area contributed by atoms with Crippen LogP contribution in [0.2, 0.25) is 5.02 Å². The van der Waals surface area contributed by atoms with Gasteiger partial charge in [-0.3, -0.25) is 0 Å². The van der Waals surface area contributed by atoms with E-state index in [2.05, 4.69) is 0 Å². The average Bonchev–Trinajstić information content (AvgIpc) is 2.44. The summed E-state index contributed by atoms with van der Waals surface area (Å²) in [6, 6.07) is 2.17. The third-order valence-corrected chi connectivity index (χ3v) is 4.23. The van der Waals surface area contributed by atoms with E-state index >= 15 is 0 Å². The molecule has 15 heavy (non-hydrogen) atoms. The van der Waals surface area contributed by atoms with Crippen molar-refractivity contribution >= 4 is 33.0 Å². The Kier molecular flexibility index (Phi) is 2.69. The number of hydrogen-bond donors (Lipinski definition) is 0. The highest BCUT2D eigenvalue weighted by Crippen LogP contribution is 2.40. The van der Waals surface area contributed by atoms with Gasteiger partial charge in [0.25, 0.3) is 0 Å². The molecule has 0 atom stereocenters. The van der Waals surface area contributed by atoms with Gasteiger partial charge in [0.1, 0.15) is 11.6 Å². The highest BCUT2D eigenvalue weighted by molar-refractivity contribution is 7.19. The molecule has 2 aromatic rings. The van der Waals surface area contributed by atoms with Crippen LogP contribution in [-0.2, 0) is 0 Å². The molecule has 0 bridgehead atoms. The predicted octanol–water partition coefficient (Wildman–Crippen LogP) is 4.96. The molecule has 80 valence electrons. The average molecular weight is 247 g/mol. The van der Waals surface area contributed by atoms with Gasteiger partial charge >= 0.3 is 0 Å². The molecule has 0 unspecified atom stereocenters. The number of thiophene rings is 1. The van der Waals surface area contributed by atoms with Crippen molar-refractivity contribution in [2.24, 2.45) is 0 Å². The van der Waals surface area contributed by atoms with Gasteiger partial charge in [0.15, 0.2) is 0 Å². The zero-order valence-corrected chi connectivity index (χ0v) is 9.85. The van der Waals surface area contributed by atoms with Crippen molar-refractivity contribution in [3.8, 4) is 0 Å². The monoisotopic (exact) mass is 246 g/mol. The SMILES string of the molecule is CC(C)c1sc2c(F)cc(F)cc2c1Cl. The van der Waals surface area contributed by atoms with Gasteiger partial charge in [0.2, 0.25) is 0 Å². The Labute approximate surface area is 95.5 Å². The maximum atomic E-state index is 13.4. The first kappa shape index (κ1) is 10.8. The van der Waals surface area contributed by atoms with Crippen LogP contribution in [0.25, 0.3) is 10.1 Å². The molecular formula is C11H9ClF2S. The number of halogens is 3. The summed E-state index contributed by atoms with van der Waals surface area (Å²) < 4.78 is 26.8. The number of hydrogen-bond acceptors (Lipinski definition) is 1. The van der Waals surface area contributed by atoms with Gasteiger partial charge < -0.3 is 0 Å². The van der Waals surface area contributed by atoms with Crippen LogP contribution in [0.15, 0.2) is 12.1 Å². The van der Waals surface area contributed by atoms with Crippen LogP contribution in [0.4, 0.5) is 8.78 Å². The van der Waals surface area contributed by atoms with Crippen molar-refractivity contribution in [1.29, 1.82) is 0 Å². The molecule has 0 aliphatic carbocycles. The first-order valence-electron chi connectivity index (χ1n) is 4.57. The van der Waals surface area contributed by atoms with Gasteiger partial charge in [0.05, 0.1) is 9.72 Å². The molecule has 0 saturated heterocycles. The first-order chi connectivity index (χ1) is 7.00. The molecule has 0 saturated carbocycles. The minimum atomic E-state index is -0.588. The van der Waals surface area contributed by atoms with Crippen LogP contribution in [0.5, 0.6) is 0 Å². The summed E-state index contributed by atoms with van der Waals surface area (Å²) in [5.74, 6) is -0.906. The molecule has 0 nitrogen and oxygen atoms in total. The minimum absolute atomic E-state index is 0.220. The highest BCUT2D eigenvalue weighted by Gasteiger charge is 2.16. The highest BCUT2D eigenvalue weighted by atomic mass is 35.5. The fourth-order valence-electron chi connectivity index (χ4n) is 1.49. The van der Waals surface area contributed by atoms with Gasteiger partial charge in [-0.1, -0.05) is 25.4 Å². The van der Waals surface area contributed by atoms with Crippen molar-refractivity contribution in [3.63, 3.8) is 0 Å². The molecule has 0 aliphatic heterocycles. The number of fused-ring (bicyclic) bond motifs is 1. The summed E-state index contributed by atoms with van der Waals surface area (Å²) in [6.45, 7) is 3.95. The van der Waals surface area contributed by atoms with Crippen LogP contribution in [0.1, 0.15) is 24.6 Å². The van der Waals surface area contributed by atoms with Crippen LogP contribution in [0.3, 0.4) is 0 Å². The second-order valence-corrected chi connectivity index (χ2v) is 5.13. The van der Waals surface area contributed by atoms with Crippen LogP contribution in [0, 0.1) is 11.6 Å². The molecule has 0 aliphatic rings. The molecular weight excluding hydrogens is 238 g/mol. The molecule has 1 aromatic carbocycles. The Morgan fingerprint density at radius 3 is 2.53 bits per heavy atom. The fraction of sp³-hybridized carbons (Fsp3) is 0.273. The predicted molar refractivity (Wildman–Crippen MR) is 60.8 cm³/mol. The quantitative estimate of drug-likeness (QED) is 0.667. The van der Waals surface area contributed by atoms with E-state index in [1.807, 2.05) is 13.8 Å². The molecule has 0 amide bonds. The first-order valence-corrected chi connectivity index (χ1v) is 5.77. The topological polar surface area (TPSA) is 0 Å². The lowest BCUT2D eigenvalue weighted by Gasteiger charge is -1.99. The summed E-state index contributed by atoms with van der Waals surface area (Å²) in [4.78, 5) is 0.899. The molecule has 0 N–H and O–H groups in total. The van der Waals surface area contributed by atoms with Crippen LogP contribution in [-0.4, -0.2) is 0 Å². The van der Waals surface area contributed by atoms with Gasteiger partial charge in [0, 0.05) is 16.3 Å². The summed E-state index contributed by atoms with van der Waals surface area (Å²) in [5, 5.41) is 0.950. The van der Waals surface area contributed by atoms with E-state index in [0.29, 0.717) is 15.1 Å². The number of rotatable bonds is 1. The third-order valence-electron chi connectivity index (χ3n) is 2.20. The maximum absolute atomic E-state index is 13.4. The van der Waals surface area contributed by atoms with E-state index in [9.17, 15) is 8.78 Å². The lowest BCUT2D eigenvalue weighted by Crippen LogP contribution is -1.81. The molecule has 4 heteroatoms. The van der Waals surface area contributed by atoms with E-state index in [-0.39, 0.29) is 5.92 Å². The van der Waals surface area contributed by atoms with E-state index in [1.165, 1.54) is 17.4 Å². The Hall–Kier alpha value is -0.670. The lowest BCUT2D eigenvalue weighted by atomic mass is 10.1. The van der Waals surface area contributed by atoms with E-state index in [0.717, 1.165) is 10.9 Å². The molecule has 2 rings (SSSR count). The molecule has 0 fully saturated rings. The Morgan fingerprint density at radius 1 is 1.27 bits per heavy atom. The van der Waals surface area contributed by atoms with Crippen molar-refractivity contribution in [3.05, 3.63) is 33.7 Å². The van der Waals surface area contributed by atoms with Crippen LogP contribution < -0.4 is 0 Å². The second kappa shape index (κ2) is 3.72. The maximum Gasteiger partial charge on any atom is 0.143 e. The largest absolute Gasteiger partial charge is 0.207 e. The Balaban J connectivity index is 2.82. The zero-order valence-electron chi connectivity index (χ0n) is 8.27. The summed E-state index contributed by atoms with van der Waals surface area (Å²) >= 11 is 7.37. The standard InChI is InChI=1S/C11H9ClF2S/c1-5(2)10-9(12)7-3-6(13)4-8(14)11(7)15-10/h3-5H,1-2H3. The Morgan fingerprint density at radius 2 is 1.93 bits per heavy atom. The second-order valence-electron chi connectivity index (χ2n) is 3.70. The Bertz CT molecular complexity index is 517. The van der Waals surface area contributed by atoms with Gasteiger partial charge in [-0.05, 0) is 12.0 Å². The lowest BCUT2D eigenvalue weighted by molar-refractivity contribution is 0.593. The van der Waals surface area contributed by atoms with Crippen molar-refractivity contribution in [2.45, 2.75) is 19.8 Å². The van der Waals surface area contributed by atoms with E-state index < -0.39 is 11.6 Å². The minimum Gasteiger partial charge on any atom is -0.207 e. The third kappa shape index (κ3) is 1.74. The van der Waals surface area contributed by atoms with Gasteiger partial charge in [-0.15, -0.1) is 11.3 Å². The smallest absolute Gasteiger partial charge is 0.143 e. The zero-order chi connectivity index (χ0) is 11.2. The summed E-state index contributed by atoms with van der Waals surface area (Å²) in [7, 11) is 0. The van der Waals surface area contributed by atoms with E-state index in [1.54, 1.807) is 0 Å². The van der Waals surface area contributed by atoms with E-state index in [4.69, 9.17) is 11.6 Å². The summed E-state index contributed by atoms with van der Waals surface area (Å²) in [6.07, 6.45) is 0. The molecule has 0 spiro atoms. The van der Waals surface area contributed by atoms with Gasteiger partial charge in [-0.25, -0.2) is 8.78 Å². The molecule has 0 radical (unpaired) electrons. The summed E-state index contributed by atoms with van der Waals surface area (Å²) in [5.41, 5.74) is 0. The van der Waals surface area contributed by atoms with Crippen molar-refractivity contribution in [1.82, 2.24) is 0 Å². The number of benzene rings is 1. The van der Waals surface area contributed by atoms with Crippen LogP contribution >= 0.6 is 22.9 Å². The van der Waals surface area contributed by atoms with Crippen molar-refractivity contribution < 1.29 is 8.78 Å². The molecule has 1 aromatic heterocycles. The molecule has 1 heterocycles. The van der Waals surface area contributed by atoms with Gasteiger partial charge in [-0.2, -0.15) is 0 Å². The normalized spacial score (nSPS) is 11.6.